The molecule has 0 aromatic heterocycles. The van der Waals surface area contributed by atoms with Crippen molar-refractivity contribution in [3.63, 3.8) is 0 Å². The van der Waals surface area contributed by atoms with Crippen LogP contribution in [0, 0.1) is 17.6 Å². The topological polar surface area (TPSA) is 26.3 Å². The first-order valence-electron chi connectivity index (χ1n) is 5.00. The molecule has 0 amide bonds. The van der Waals surface area contributed by atoms with Gasteiger partial charge in [0.1, 0.15) is 6.10 Å². The average Bonchev–Trinajstić information content (AvgIpc) is 2.22. The smallest absolute Gasteiger partial charge is 0.194 e. The summed E-state index contributed by atoms with van der Waals surface area (Å²) in [4.78, 5) is 11.9. The van der Waals surface area contributed by atoms with Crippen molar-refractivity contribution in [2.75, 3.05) is 7.11 Å². The van der Waals surface area contributed by atoms with Crippen molar-refractivity contribution in [2.45, 2.75) is 20.0 Å². The molecule has 0 radical (unpaired) electrons. The number of hydrogen-bond acceptors (Lipinski definition) is 2. The predicted molar refractivity (Wildman–Crippen MR) is 56.3 cm³/mol. The van der Waals surface area contributed by atoms with E-state index in [1.807, 2.05) is 0 Å². The van der Waals surface area contributed by atoms with Crippen LogP contribution in [0.2, 0.25) is 0 Å². The Morgan fingerprint density at radius 2 is 1.94 bits per heavy atom. The summed E-state index contributed by atoms with van der Waals surface area (Å²) >= 11 is 0. The highest BCUT2D eigenvalue weighted by molar-refractivity contribution is 5.99. The van der Waals surface area contributed by atoms with E-state index in [4.69, 9.17) is 4.74 Å². The molecule has 0 bridgehead atoms. The van der Waals surface area contributed by atoms with E-state index in [9.17, 15) is 13.6 Å². The highest BCUT2D eigenvalue weighted by Crippen LogP contribution is 2.17. The van der Waals surface area contributed by atoms with E-state index in [-0.39, 0.29) is 11.5 Å². The fourth-order valence-corrected chi connectivity index (χ4v) is 1.53. The number of methoxy groups -OCH3 is 1. The van der Waals surface area contributed by atoms with Gasteiger partial charge in [-0.1, -0.05) is 19.9 Å². The lowest BCUT2D eigenvalue weighted by molar-refractivity contribution is 0.0454. The summed E-state index contributed by atoms with van der Waals surface area (Å²) in [6, 6.07) is 3.54. The van der Waals surface area contributed by atoms with Gasteiger partial charge in [-0.15, -0.1) is 0 Å². The SMILES string of the molecule is COC(C(=O)c1cccc(F)c1F)C(C)C. The Kier molecular flexibility index (Phi) is 4.12. The Morgan fingerprint density at radius 3 is 2.44 bits per heavy atom. The second kappa shape index (κ2) is 5.16. The van der Waals surface area contributed by atoms with Gasteiger partial charge in [-0.25, -0.2) is 8.78 Å². The van der Waals surface area contributed by atoms with Crippen LogP contribution < -0.4 is 0 Å². The fraction of sp³-hybridized carbons (Fsp3) is 0.417. The molecule has 16 heavy (non-hydrogen) atoms. The molecule has 1 unspecified atom stereocenters. The third kappa shape index (κ3) is 2.44. The third-order valence-corrected chi connectivity index (χ3v) is 2.33. The molecule has 0 saturated heterocycles. The summed E-state index contributed by atoms with van der Waals surface area (Å²) in [6.07, 6.45) is -0.753. The zero-order valence-electron chi connectivity index (χ0n) is 9.46. The number of ketones is 1. The van der Waals surface area contributed by atoms with Crippen LogP contribution >= 0.6 is 0 Å². The van der Waals surface area contributed by atoms with Gasteiger partial charge in [0.15, 0.2) is 17.4 Å². The first-order valence-corrected chi connectivity index (χ1v) is 5.00. The second-order valence-corrected chi connectivity index (χ2v) is 3.87. The molecule has 0 saturated carbocycles. The zero-order valence-corrected chi connectivity index (χ0v) is 9.46. The van der Waals surface area contributed by atoms with Gasteiger partial charge in [-0.2, -0.15) is 0 Å². The van der Waals surface area contributed by atoms with Crippen molar-refractivity contribution in [3.05, 3.63) is 35.4 Å². The van der Waals surface area contributed by atoms with Crippen LogP contribution in [0.25, 0.3) is 0 Å². The first-order chi connectivity index (χ1) is 7.49. The van der Waals surface area contributed by atoms with Gasteiger partial charge >= 0.3 is 0 Å². The monoisotopic (exact) mass is 228 g/mol. The second-order valence-electron chi connectivity index (χ2n) is 3.87. The standard InChI is InChI=1S/C12H14F2O2/c1-7(2)12(16-3)11(15)8-5-4-6-9(13)10(8)14/h4-7,12H,1-3H3. The predicted octanol–water partition coefficient (Wildman–Crippen LogP) is 2.82. The molecule has 0 aliphatic rings. The normalized spacial score (nSPS) is 12.9. The minimum atomic E-state index is -1.12. The van der Waals surface area contributed by atoms with E-state index >= 15 is 0 Å². The molecular formula is C12H14F2O2. The molecule has 0 aliphatic carbocycles. The number of rotatable bonds is 4. The van der Waals surface area contributed by atoms with Gasteiger partial charge in [0.05, 0.1) is 5.56 Å². The molecular weight excluding hydrogens is 214 g/mol. The van der Waals surface area contributed by atoms with E-state index in [1.54, 1.807) is 13.8 Å². The molecule has 0 spiro atoms. The lowest BCUT2D eigenvalue weighted by Crippen LogP contribution is -2.29. The van der Waals surface area contributed by atoms with Crippen LogP contribution in [0.15, 0.2) is 18.2 Å². The Hall–Kier alpha value is -1.29. The number of hydrogen-bond donors (Lipinski definition) is 0. The summed E-state index contributed by atoms with van der Waals surface area (Å²) in [5, 5.41) is 0. The summed E-state index contributed by atoms with van der Waals surface area (Å²) in [5.74, 6) is -2.77. The van der Waals surface area contributed by atoms with Gasteiger partial charge < -0.3 is 4.74 Å². The Bertz CT molecular complexity index is 389. The zero-order chi connectivity index (χ0) is 12.3. The number of carbonyl (C=O) groups excluding carboxylic acids is 1. The Morgan fingerprint density at radius 1 is 1.31 bits per heavy atom. The summed E-state index contributed by atoms with van der Waals surface area (Å²) in [7, 11) is 1.37. The summed E-state index contributed by atoms with van der Waals surface area (Å²) < 4.78 is 31.3. The van der Waals surface area contributed by atoms with Crippen LogP contribution in [0.3, 0.4) is 0 Å². The van der Waals surface area contributed by atoms with Crippen LogP contribution in [0.5, 0.6) is 0 Å². The van der Waals surface area contributed by atoms with Crippen molar-refractivity contribution >= 4 is 5.78 Å². The number of Topliss-reactive ketones (excluding diaryl/α,β-unsaturated/α-hetero) is 1. The molecule has 1 aromatic rings. The van der Waals surface area contributed by atoms with E-state index in [2.05, 4.69) is 0 Å². The van der Waals surface area contributed by atoms with Crippen LogP contribution in [0.4, 0.5) is 8.78 Å². The van der Waals surface area contributed by atoms with Crippen LogP contribution in [-0.2, 0) is 4.74 Å². The molecule has 2 nitrogen and oxygen atoms in total. The summed E-state index contributed by atoms with van der Waals surface area (Å²) in [5.41, 5.74) is -0.263. The minimum absolute atomic E-state index is 0.0971. The molecule has 1 aromatic carbocycles. The Labute approximate surface area is 93.2 Å². The van der Waals surface area contributed by atoms with Crippen LogP contribution in [0.1, 0.15) is 24.2 Å². The van der Waals surface area contributed by atoms with Gasteiger partial charge in [0, 0.05) is 7.11 Å². The lowest BCUT2D eigenvalue weighted by Gasteiger charge is -2.18. The van der Waals surface area contributed by atoms with Crippen molar-refractivity contribution in [1.82, 2.24) is 0 Å². The minimum Gasteiger partial charge on any atom is -0.373 e. The highest BCUT2D eigenvalue weighted by atomic mass is 19.2. The van der Waals surface area contributed by atoms with Crippen molar-refractivity contribution in [2.24, 2.45) is 5.92 Å². The number of benzene rings is 1. The largest absolute Gasteiger partial charge is 0.373 e. The lowest BCUT2D eigenvalue weighted by atomic mass is 9.97. The number of ether oxygens (including phenoxy) is 1. The molecule has 0 N–H and O–H groups in total. The highest BCUT2D eigenvalue weighted by Gasteiger charge is 2.26. The van der Waals surface area contributed by atoms with Gasteiger partial charge in [0.25, 0.3) is 0 Å². The van der Waals surface area contributed by atoms with E-state index in [0.717, 1.165) is 6.07 Å². The molecule has 0 aliphatic heterocycles. The van der Waals surface area contributed by atoms with Gasteiger partial charge in [-0.05, 0) is 18.1 Å². The average molecular weight is 228 g/mol. The molecule has 0 heterocycles. The first kappa shape index (κ1) is 12.8. The third-order valence-electron chi connectivity index (χ3n) is 2.33. The molecule has 4 heteroatoms. The molecule has 1 atom stereocenters. The summed E-state index contributed by atoms with van der Waals surface area (Å²) in [6.45, 7) is 3.56. The van der Waals surface area contributed by atoms with Gasteiger partial charge in [-0.3, -0.25) is 4.79 Å². The van der Waals surface area contributed by atoms with E-state index in [0.29, 0.717) is 0 Å². The maximum Gasteiger partial charge on any atom is 0.194 e. The number of carbonyl (C=O) groups is 1. The van der Waals surface area contributed by atoms with Crippen molar-refractivity contribution in [1.29, 1.82) is 0 Å². The van der Waals surface area contributed by atoms with Gasteiger partial charge in [0.2, 0.25) is 0 Å². The van der Waals surface area contributed by atoms with E-state index < -0.39 is 23.5 Å². The molecule has 0 fully saturated rings. The quantitative estimate of drug-likeness (QED) is 0.741. The van der Waals surface area contributed by atoms with Crippen LogP contribution in [-0.4, -0.2) is 19.0 Å². The van der Waals surface area contributed by atoms with Crippen molar-refractivity contribution in [3.8, 4) is 0 Å². The maximum atomic E-state index is 13.4. The molecule has 88 valence electrons. The number of halogens is 2. The fourth-order valence-electron chi connectivity index (χ4n) is 1.53. The van der Waals surface area contributed by atoms with Crippen molar-refractivity contribution < 1.29 is 18.3 Å². The molecule has 1 rings (SSSR count). The Balaban J connectivity index is 3.09. The van der Waals surface area contributed by atoms with E-state index in [1.165, 1.54) is 19.2 Å². The maximum absolute atomic E-state index is 13.4.